The largest absolute Gasteiger partial charge is 0.378 e. The molecule has 0 saturated heterocycles. The van der Waals surface area contributed by atoms with Gasteiger partial charge in [0, 0.05) is 44.2 Å². The molecule has 0 aliphatic carbocycles. The van der Waals surface area contributed by atoms with E-state index in [-0.39, 0.29) is 11.5 Å². The van der Waals surface area contributed by atoms with Crippen LogP contribution < -0.4 is 15.8 Å². The van der Waals surface area contributed by atoms with E-state index in [1.807, 2.05) is 43.3 Å². The van der Waals surface area contributed by atoms with Crippen LogP contribution in [0.2, 0.25) is 0 Å². The normalized spacial score (nSPS) is 10.1. The topological polar surface area (TPSA) is 65.2 Å². The standard InChI is InChI=1S/C15H17N3O2/c1-18(2)13-5-3-11(4-6-13)10-17-15(20)12-7-8-16-14(19)9-12/h3-9H,10H2,1-2H3,(H,16,19)(H,17,20). The highest BCUT2D eigenvalue weighted by Gasteiger charge is 2.05. The molecule has 0 aliphatic heterocycles. The quantitative estimate of drug-likeness (QED) is 0.882. The Labute approximate surface area is 117 Å². The highest BCUT2D eigenvalue weighted by molar-refractivity contribution is 5.93. The Balaban J connectivity index is 1.98. The van der Waals surface area contributed by atoms with Gasteiger partial charge in [-0.2, -0.15) is 0 Å². The second-order valence-electron chi connectivity index (χ2n) is 4.69. The van der Waals surface area contributed by atoms with Gasteiger partial charge in [0.15, 0.2) is 0 Å². The van der Waals surface area contributed by atoms with Crippen molar-refractivity contribution in [2.24, 2.45) is 0 Å². The Hall–Kier alpha value is -2.56. The number of amides is 1. The lowest BCUT2D eigenvalue weighted by Gasteiger charge is -2.12. The van der Waals surface area contributed by atoms with Gasteiger partial charge >= 0.3 is 0 Å². The third-order valence-corrected chi connectivity index (χ3v) is 2.94. The molecule has 5 heteroatoms. The molecule has 0 bridgehead atoms. The third kappa shape index (κ3) is 3.47. The van der Waals surface area contributed by atoms with Crippen molar-refractivity contribution in [3.05, 3.63) is 64.1 Å². The Kier molecular flexibility index (Phi) is 4.20. The number of H-pyrrole nitrogens is 1. The minimum atomic E-state index is -0.284. The fourth-order valence-electron chi connectivity index (χ4n) is 1.78. The third-order valence-electron chi connectivity index (χ3n) is 2.94. The van der Waals surface area contributed by atoms with Crippen LogP contribution in [-0.2, 0) is 6.54 Å². The van der Waals surface area contributed by atoms with Crippen LogP contribution in [0.15, 0.2) is 47.4 Å². The first kappa shape index (κ1) is 13.9. The molecule has 0 radical (unpaired) electrons. The van der Waals surface area contributed by atoms with E-state index in [2.05, 4.69) is 10.3 Å². The monoisotopic (exact) mass is 271 g/mol. The molecule has 2 rings (SSSR count). The maximum atomic E-state index is 11.9. The van der Waals surface area contributed by atoms with Crippen LogP contribution in [0, 0.1) is 0 Å². The molecule has 0 unspecified atom stereocenters. The molecule has 104 valence electrons. The molecule has 20 heavy (non-hydrogen) atoms. The van der Waals surface area contributed by atoms with Gasteiger partial charge in [0.1, 0.15) is 0 Å². The van der Waals surface area contributed by atoms with E-state index in [9.17, 15) is 9.59 Å². The molecule has 0 spiro atoms. The lowest BCUT2D eigenvalue weighted by Crippen LogP contribution is -2.24. The van der Waals surface area contributed by atoms with E-state index in [1.165, 1.54) is 12.3 Å². The number of nitrogens with one attached hydrogen (secondary N) is 2. The van der Waals surface area contributed by atoms with Crippen LogP contribution in [0.5, 0.6) is 0 Å². The Morgan fingerprint density at radius 2 is 1.90 bits per heavy atom. The van der Waals surface area contributed by atoms with Gasteiger partial charge in [-0.15, -0.1) is 0 Å². The van der Waals surface area contributed by atoms with Gasteiger partial charge in [0.2, 0.25) is 5.56 Å². The summed E-state index contributed by atoms with van der Waals surface area (Å²) in [5.74, 6) is -0.257. The molecular formula is C15H17N3O2. The van der Waals surface area contributed by atoms with Gasteiger partial charge in [0.05, 0.1) is 0 Å². The Morgan fingerprint density at radius 1 is 1.20 bits per heavy atom. The minimum Gasteiger partial charge on any atom is -0.378 e. The van der Waals surface area contributed by atoms with E-state index in [0.29, 0.717) is 12.1 Å². The molecule has 0 saturated carbocycles. The maximum absolute atomic E-state index is 11.9. The van der Waals surface area contributed by atoms with Gasteiger partial charge in [-0.25, -0.2) is 0 Å². The van der Waals surface area contributed by atoms with Crippen LogP contribution in [0.3, 0.4) is 0 Å². The highest BCUT2D eigenvalue weighted by Crippen LogP contribution is 2.12. The zero-order chi connectivity index (χ0) is 14.5. The van der Waals surface area contributed by atoms with Gasteiger partial charge in [-0.1, -0.05) is 12.1 Å². The lowest BCUT2D eigenvalue weighted by atomic mass is 10.2. The van der Waals surface area contributed by atoms with Crippen LogP contribution in [0.1, 0.15) is 15.9 Å². The zero-order valence-corrected chi connectivity index (χ0v) is 11.5. The summed E-state index contributed by atoms with van der Waals surface area (Å²) in [7, 11) is 3.95. The number of hydrogen-bond donors (Lipinski definition) is 2. The van der Waals surface area contributed by atoms with Crippen molar-refractivity contribution in [2.45, 2.75) is 6.54 Å². The first-order valence-electron chi connectivity index (χ1n) is 6.29. The molecule has 1 amide bonds. The second-order valence-corrected chi connectivity index (χ2v) is 4.69. The smallest absolute Gasteiger partial charge is 0.251 e. The molecule has 1 aromatic carbocycles. The van der Waals surface area contributed by atoms with Crippen LogP contribution in [0.4, 0.5) is 5.69 Å². The molecule has 0 fully saturated rings. The molecule has 0 atom stereocenters. The average molecular weight is 271 g/mol. The van der Waals surface area contributed by atoms with Crippen molar-refractivity contribution < 1.29 is 4.79 Å². The molecule has 2 aromatic rings. The Bertz CT molecular complexity index is 645. The molecule has 5 nitrogen and oxygen atoms in total. The lowest BCUT2D eigenvalue weighted by molar-refractivity contribution is 0.0950. The number of rotatable bonds is 4. The number of anilines is 1. The van der Waals surface area contributed by atoms with E-state index < -0.39 is 0 Å². The number of benzene rings is 1. The number of pyridine rings is 1. The Morgan fingerprint density at radius 3 is 2.50 bits per heavy atom. The number of aromatic amines is 1. The maximum Gasteiger partial charge on any atom is 0.251 e. The predicted molar refractivity (Wildman–Crippen MR) is 79.0 cm³/mol. The zero-order valence-electron chi connectivity index (χ0n) is 11.5. The van der Waals surface area contributed by atoms with Crippen molar-refractivity contribution in [1.29, 1.82) is 0 Å². The summed E-state index contributed by atoms with van der Waals surface area (Å²) in [6.07, 6.45) is 1.46. The van der Waals surface area contributed by atoms with Crippen LogP contribution in [0.25, 0.3) is 0 Å². The predicted octanol–water partition coefficient (Wildman–Crippen LogP) is 1.37. The van der Waals surface area contributed by atoms with Crippen molar-refractivity contribution in [1.82, 2.24) is 10.3 Å². The summed E-state index contributed by atoms with van der Waals surface area (Å²) in [5.41, 5.74) is 2.19. The summed E-state index contributed by atoms with van der Waals surface area (Å²) < 4.78 is 0. The van der Waals surface area contributed by atoms with Crippen LogP contribution in [-0.4, -0.2) is 25.0 Å². The van der Waals surface area contributed by atoms with Gasteiger partial charge in [0.25, 0.3) is 5.91 Å². The van der Waals surface area contributed by atoms with Crippen LogP contribution >= 0.6 is 0 Å². The minimum absolute atomic E-state index is 0.257. The summed E-state index contributed by atoms with van der Waals surface area (Å²) >= 11 is 0. The SMILES string of the molecule is CN(C)c1ccc(CNC(=O)c2cc[nH]c(=O)c2)cc1. The van der Waals surface area contributed by atoms with Crippen molar-refractivity contribution in [2.75, 3.05) is 19.0 Å². The summed E-state index contributed by atoms with van der Waals surface area (Å²) in [6.45, 7) is 0.430. The first-order valence-corrected chi connectivity index (χ1v) is 6.29. The molecule has 2 N–H and O–H groups in total. The second kappa shape index (κ2) is 6.06. The fourth-order valence-corrected chi connectivity index (χ4v) is 1.78. The van der Waals surface area contributed by atoms with Gasteiger partial charge < -0.3 is 15.2 Å². The number of carbonyl (C=O) groups is 1. The number of nitrogens with zero attached hydrogens (tertiary/aromatic N) is 1. The summed E-state index contributed by atoms with van der Waals surface area (Å²) in [5, 5.41) is 2.79. The van der Waals surface area contributed by atoms with Gasteiger partial charge in [-0.3, -0.25) is 9.59 Å². The number of hydrogen-bond acceptors (Lipinski definition) is 3. The van der Waals surface area contributed by atoms with E-state index in [0.717, 1.165) is 11.3 Å². The van der Waals surface area contributed by atoms with E-state index in [1.54, 1.807) is 6.07 Å². The van der Waals surface area contributed by atoms with Gasteiger partial charge in [-0.05, 0) is 23.8 Å². The van der Waals surface area contributed by atoms with Crippen molar-refractivity contribution in [3.63, 3.8) is 0 Å². The molecule has 1 aromatic heterocycles. The number of aromatic nitrogens is 1. The number of carbonyl (C=O) groups excluding carboxylic acids is 1. The summed E-state index contributed by atoms with van der Waals surface area (Å²) in [4.78, 5) is 27.5. The fraction of sp³-hybridized carbons (Fsp3) is 0.200. The molecule has 1 heterocycles. The van der Waals surface area contributed by atoms with E-state index in [4.69, 9.17) is 0 Å². The highest BCUT2D eigenvalue weighted by atomic mass is 16.2. The first-order chi connectivity index (χ1) is 9.56. The van der Waals surface area contributed by atoms with Crippen molar-refractivity contribution in [3.8, 4) is 0 Å². The van der Waals surface area contributed by atoms with Crippen molar-refractivity contribution >= 4 is 11.6 Å². The summed E-state index contributed by atoms with van der Waals surface area (Å²) in [6, 6.07) is 10.8. The van der Waals surface area contributed by atoms with E-state index >= 15 is 0 Å². The molecular weight excluding hydrogens is 254 g/mol. The molecule has 0 aliphatic rings. The average Bonchev–Trinajstić information content (AvgIpc) is 2.45.